The number of carbonyl (C=O) groups excluding carboxylic acids is 1. The lowest BCUT2D eigenvalue weighted by Crippen LogP contribution is -2.14. The smallest absolute Gasteiger partial charge is 0.267 e. The van der Waals surface area contributed by atoms with Crippen LogP contribution in [0.1, 0.15) is 11.1 Å². The molecule has 2 N–H and O–H groups in total. The van der Waals surface area contributed by atoms with Gasteiger partial charge in [-0.15, -0.1) is 0 Å². The van der Waals surface area contributed by atoms with Crippen molar-refractivity contribution in [1.82, 2.24) is 15.0 Å². The number of hydrogen-bond donors (Lipinski definition) is 2. The summed E-state index contributed by atoms with van der Waals surface area (Å²) in [4.78, 5) is 16.1. The summed E-state index contributed by atoms with van der Waals surface area (Å²) < 4.78 is 15.4. The van der Waals surface area contributed by atoms with Gasteiger partial charge in [-0.3, -0.25) is 10.0 Å². The number of aryl methyl sites for hydroxylation is 2. The van der Waals surface area contributed by atoms with Crippen LogP contribution in [0.2, 0.25) is 0 Å². The largest absolute Gasteiger partial charge is 0.324 e. The van der Waals surface area contributed by atoms with Gasteiger partial charge in [0.25, 0.3) is 5.91 Å². The zero-order valence-electron chi connectivity index (χ0n) is 16.1. The minimum Gasteiger partial charge on any atom is -0.324 e. The lowest BCUT2D eigenvalue weighted by atomic mass is 10.1. The number of nitrogens with one attached hydrogen (secondary N) is 1. The number of carbonyl (C=O) groups is 1. The molecule has 0 unspecified atom stereocenters. The standard InChI is InChI=1S/C24H20FN3O2/c25-20-11-8-17(9-12-20)14-15-28-22-7-2-1-6-21(22)26-24(28)19-5-3-4-18(16-19)10-13-23(29)27-30/h1-13,16,30H,14-15H2,(H,27,29). The van der Waals surface area contributed by atoms with Crippen LogP contribution in [-0.2, 0) is 17.8 Å². The van der Waals surface area contributed by atoms with E-state index in [1.165, 1.54) is 18.2 Å². The molecular weight excluding hydrogens is 381 g/mol. The first kappa shape index (κ1) is 19.5. The molecule has 6 heteroatoms. The van der Waals surface area contributed by atoms with E-state index in [1.54, 1.807) is 23.7 Å². The number of amides is 1. The van der Waals surface area contributed by atoms with Crippen molar-refractivity contribution >= 4 is 23.0 Å². The average molecular weight is 401 g/mol. The Labute approximate surface area is 173 Å². The fourth-order valence-corrected chi connectivity index (χ4v) is 3.40. The number of hydrogen-bond acceptors (Lipinski definition) is 3. The highest BCUT2D eigenvalue weighted by Gasteiger charge is 2.13. The lowest BCUT2D eigenvalue weighted by Gasteiger charge is -2.10. The third-order valence-electron chi connectivity index (χ3n) is 4.87. The van der Waals surface area contributed by atoms with Gasteiger partial charge in [0.1, 0.15) is 11.6 Å². The minimum absolute atomic E-state index is 0.243. The Morgan fingerprint density at radius 2 is 1.87 bits per heavy atom. The number of rotatable bonds is 6. The number of hydroxylamine groups is 1. The van der Waals surface area contributed by atoms with Crippen LogP contribution in [0, 0.1) is 5.82 Å². The topological polar surface area (TPSA) is 67.2 Å². The maximum Gasteiger partial charge on any atom is 0.267 e. The maximum atomic E-state index is 13.2. The molecule has 4 rings (SSSR count). The summed E-state index contributed by atoms with van der Waals surface area (Å²) in [5.41, 5.74) is 6.27. The van der Waals surface area contributed by atoms with Crippen LogP contribution < -0.4 is 5.48 Å². The normalized spacial score (nSPS) is 11.3. The zero-order valence-corrected chi connectivity index (χ0v) is 16.1. The Morgan fingerprint density at radius 3 is 2.67 bits per heavy atom. The molecule has 5 nitrogen and oxygen atoms in total. The van der Waals surface area contributed by atoms with E-state index in [0.29, 0.717) is 6.54 Å². The number of aromatic nitrogens is 2. The quantitative estimate of drug-likeness (QED) is 0.282. The summed E-state index contributed by atoms with van der Waals surface area (Å²) in [6.45, 7) is 0.689. The molecule has 1 amide bonds. The second-order valence-electron chi connectivity index (χ2n) is 6.89. The second kappa shape index (κ2) is 8.71. The third-order valence-corrected chi connectivity index (χ3v) is 4.87. The summed E-state index contributed by atoms with van der Waals surface area (Å²) in [5, 5.41) is 8.65. The summed E-state index contributed by atoms with van der Waals surface area (Å²) in [6, 6.07) is 22.2. The molecule has 0 saturated carbocycles. The molecule has 150 valence electrons. The molecule has 0 bridgehead atoms. The first-order chi connectivity index (χ1) is 14.6. The molecule has 0 radical (unpaired) electrons. The molecule has 0 aliphatic heterocycles. The maximum absolute atomic E-state index is 13.2. The Hall–Kier alpha value is -3.77. The van der Waals surface area contributed by atoms with E-state index in [9.17, 15) is 9.18 Å². The predicted octanol–water partition coefficient (Wildman–Crippen LogP) is 4.60. The molecule has 0 aliphatic carbocycles. The highest BCUT2D eigenvalue weighted by molar-refractivity contribution is 5.91. The summed E-state index contributed by atoms with van der Waals surface area (Å²) in [5.74, 6) is -0.0145. The van der Waals surface area contributed by atoms with Crippen molar-refractivity contribution in [2.75, 3.05) is 0 Å². The summed E-state index contributed by atoms with van der Waals surface area (Å²) in [6.07, 6.45) is 3.63. The van der Waals surface area contributed by atoms with E-state index >= 15 is 0 Å². The SMILES string of the molecule is O=C(C=Cc1cccc(-c2nc3ccccc3n2CCc2ccc(F)cc2)c1)NO. The van der Waals surface area contributed by atoms with Crippen LogP contribution in [0.3, 0.4) is 0 Å². The number of para-hydroxylation sites is 2. The number of nitrogens with zero attached hydrogens (tertiary/aromatic N) is 2. The van der Waals surface area contributed by atoms with Gasteiger partial charge >= 0.3 is 0 Å². The number of fused-ring (bicyclic) bond motifs is 1. The van der Waals surface area contributed by atoms with Gasteiger partial charge in [0, 0.05) is 18.2 Å². The lowest BCUT2D eigenvalue weighted by molar-refractivity contribution is -0.124. The molecule has 3 aromatic carbocycles. The monoisotopic (exact) mass is 401 g/mol. The molecule has 30 heavy (non-hydrogen) atoms. The van der Waals surface area contributed by atoms with E-state index in [0.717, 1.165) is 40.0 Å². The van der Waals surface area contributed by atoms with Gasteiger partial charge in [-0.05, 0) is 54.0 Å². The number of benzene rings is 3. The number of imidazole rings is 1. The molecule has 0 saturated heterocycles. The van der Waals surface area contributed by atoms with Crippen LogP contribution in [0.25, 0.3) is 28.5 Å². The zero-order chi connectivity index (χ0) is 20.9. The highest BCUT2D eigenvalue weighted by atomic mass is 19.1. The van der Waals surface area contributed by atoms with Gasteiger partial charge in [0.05, 0.1) is 11.0 Å². The van der Waals surface area contributed by atoms with E-state index < -0.39 is 5.91 Å². The van der Waals surface area contributed by atoms with E-state index in [-0.39, 0.29) is 5.82 Å². The first-order valence-corrected chi connectivity index (χ1v) is 9.56. The van der Waals surface area contributed by atoms with Gasteiger partial charge in [0.15, 0.2) is 0 Å². The van der Waals surface area contributed by atoms with Crippen molar-refractivity contribution in [2.45, 2.75) is 13.0 Å². The van der Waals surface area contributed by atoms with Crippen molar-refractivity contribution in [2.24, 2.45) is 0 Å². The molecule has 0 spiro atoms. The molecule has 0 atom stereocenters. The molecule has 0 aliphatic rings. The minimum atomic E-state index is -0.591. The van der Waals surface area contributed by atoms with E-state index in [1.807, 2.05) is 48.5 Å². The van der Waals surface area contributed by atoms with Crippen LogP contribution >= 0.6 is 0 Å². The van der Waals surface area contributed by atoms with Crippen molar-refractivity contribution in [3.8, 4) is 11.4 Å². The Balaban J connectivity index is 1.70. The van der Waals surface area contributed by atoms with Gasteiger partial charge in [-0.1, -0.05) is 42.5 Å². The van der Waals surface area contributed by atoms with Gasteiger partial charge in [0.2, 0.25) is 0 Å². The average Bonchev–Trinajstić information content (AvgIpc) is 3.16. The molecule has 1 heterocycles. The number of halogens is 1. The van der Waals surface area contributed by atoms with Gasteiger partial charge in [-0.2, -0.15) is 0 Å². The predicted molar refractivity (Wildman–Crippen MR) is 114 cm³/mol. The molecular formula is C24H20FN3O2. The Morgan fingerprint density at radius 1 is 1.07 bits per heavy atom. The third kappa shape index (κ3) is 4.29. The van der Waals surface area contributed by atoms with Crippen molar-refractivity contribution < 1.29 is 14.4 Å². The van der Waals surface area contributed by atoms with Crippen LogP contribution in [-0.4, -0.2) is 20.7 Å². The van der Waals surface area contributed by atoms with Crippen LogP contribution in [0.15, 0.2) is 78.9 Å². The fourth-order valence-electron chi connectivity index (χ4n) is 3.40. The van der Waals surface area contributed by atoms with Crippen LogP contribution in [0.4, 0.5) is 4.39 Å². The summed E-state index contributed by atoms with van der Waals surface area (Å²) >= 11 is 0. The summed E-state index contributed by atoms with van der Waals surface area (Å²) in [7, 11) is 0. The van der Waals surface area contributed by atoms with Gasteiger partial charge < -0.3 is 4.57 Å². The Kier molecular flexibility index (Phi) is 5.68. The molecule has 4 aromatic rings. The van der Waals surface area contributed by atoms with Crippen molar-refractivity contribution in [3.05, 3.63) is 95.8 Å². The van der Waals surface area contributed by atoms with Gasteiger partial charge in [-0.25, -0.2) is 14.9 Å². The fraction of sp³-hybridized carbons (Fsp3) is 0.0833. The van der Waals surface area contributed by atoms with E-state index in [2.05, 4.69) is 4.57 Å². The second-order valence-corrected chi connectivity index (χ2v) is 6.89. The van der Waals surface area contributed by atoms with Crippen molar-refractivity contribution in [1.29, 1.82) is 0 Å². The van der Waals surface area contributed by atoms with Crippen LogP contribution in [0.5, 0.6) is 0 Å². The molecule has 1 aromatic heterocycles. The highest BCUT2D eigenvalue weighted by Crippen LogP contribution is 2.26. The van der Waals surface area contributed by atoms with Crippen molar-refractivity contribution in [3.63, 3.8) is 0 Å². The van der Waals surface area contributed by atoms with E-state index in [4.69, 9.17) is 10.2 Å². The Bertz CT molecular complexity index is 1210. The molecule has 0 fully saturated rings. The first-order valence-electron chi connectivity index (χ1n) is 9.56.